The molecule has 0 saturated heterocycles. The van der Waals surface area contributed by atoms with Crippen molar-refractivity contribution in [2.24, 2.45) is 5.41 Å². The molecular weight excluding hydrogens is 220 g/mol. The molecule has 18 heavy (non-hydrogen) atoms. The number of nitrogens with zero attached hydrogens (tertiary/aromatic N) is 1. The van der Waals surface area contributed by atoms with Crippen LogP contribution in [0, 0.1) is 5.41 Å². The zero-order chi connectivity index (χ0) is 12.6. The summed E-state index contributed by atoms with van der Waals surface area (Å²) in [6.45, 7) is 4.78. The summed E-state index contributed by atoms with van der Waals surface area (Å²) in [6.07, 6.45) is 9.69. The number of aromatic nitrogens is 1. The highest BCUT2D eigenvalue weighted by molar-refractivity contribution is 5.25. The predicted molar refractivity (Wildman–Crippen MR) is 74.5 cm³/mol. The lowest BCUT2D eigenvalue weighted by Crippen LogP contribution is -2.34. The van der Waals surface area contributed by atoms with Crippen molar-refractivity contribution in [1.29, 1.82) is 0 Å². The highest BCUT2D eigenvalue weighted by Crippen LogP contribution is 2.39. The highest BCUT2D eigenvalue weighted by atomic mass is 15.0. The van der Waals surface area contributed by atoms with E-state index in [0.29, 0.717) is 17.5 Å². The minimum atomic E-state index is 0.494. The summed E-state index contributed by atoms with van der Waals surface area (Å²) in [5.41, 5.74) is 3.30. The molecule has 1 N–H and O–H groups in total. The third-order valence-corrected chi connectivity index (χ3v) is 4.60. The summed E-state index contributed by atoms with van der Waals surface area (Å²) >= 11 is 0. The van der Waals surface area contributed by atoms with Gasteiger partial charge in [0.25, 0.3) is 0 Å². The first-order chi connectivity index (χ1) is 8.64. The quantitative estimate of drug-likeness (QED) is 0.859. The number of hydrogen-bond acceptors (Lipinski definition) is 2. The molecule has 1 saturated carbocycles. The van der Waals surface area contributed by atoms with Crippen LogP contribution < -0.4 is 5.32 Å². The Morgan fingerprint density at radius 3 is 3.00 bits per heavy atom. The fourth-order valence-electron chi connectivity index (χ4n) is 3.63. The second-order valence-corrected chi connectivity index (χ2v) is 6.76. The molecule has 2 aliphatic carbocycles. The molecule has 2 atom stereocenters. The largest absolute Gasteiger partial charge is 0.306 e. The number of pyridine rings is 1. The summed E-state index contributed by atoms with van der Waals surface area (Å²) < 4.78 is 0. The van der Waals surface area contributed by atoms with Gasteiger partial charge in [0.1, 0.15) is 0 Å². The molecule has 1 fully saturated rings. The average molecular weight is 244 g/mol. The second-order valence-electron chi connectivity index (χ2n) is 6.76. The van der Waals surface area contributed by atoms with Crippen molar-refractivity contribution >= 4 is 0 Å². The van der Waals surface area contributed by atoms with E-state index in [1.165, 1.54) is 49.8 Å². The van der Waals surface area contributed by atoms with Gasteiger partial charge in [-0.3, -0.25) is 4.98 Å². The van der Waals surface area contributed by atoms with Crippen molar-refractivity contribution in [3.05, 3.63) is 29.6 Å². The van der Waals surface area contributed by atoms with Crippen LogP contribution in [0.3, 0.4) is 0 Å². The zero-order valence-electron chi connectivity index (χ0n) is 11.6. The van der Waals surface area contributed by atoms with E-state index in [4.69, 9.17) is 0 Å². The molecule has 0 aromatic carbocycles. The van der Waals surface area contributed by atoms with Gasteiger partial charge in [0.2, 0.25) is 0 Å². The van der Waals surface area contributed by atoms with E-state index in [1.807, 2.05) is 6.20 Å². The summed E-state index contributed by atoms with van der Waals surface area (Å²) in [4.78, 5) is 4.62. The number of fused-ring (bicyclic) bond motifs is 1. The maximum atomic E-state index is 4.62. The van der Waals surface area contributed by atoms with Crippen LogP contribution in [0.4, 0.5) is 0 Å². The standard InChI is InChI=1S/C16H24N2/c1-16(2)9-8-13(11-16)18-14-7-3-5-12-6-4-10-17-15(12)14/h4,6,10,13-14,18H,3,5,7-9,11H2,1-2H3. The molecule has 0 bridgehead atoms. The van der Waals surface area contributed by atoms with E-state index in [9.17, 15) is 0 Å². The average Bonchev–Trinajstić information content (AvgIpc) is 2.69. The van der Waals surface area contributed by atoms with Gasteiger partial charge in [-0.15, -0.1) is 0 Å². The maximum Gasteiger partial charge on any atom is 0.0605 e. The molecule has 3 rings (SSSR count). The van der Waals surface area contributed by atoms with Gasteiger partial charge in [-0.05, 0) is 55.6 Å². The van der Waals surface area contributed by atoms with Crippen molar-refractivity contribution in [2.45, 2.75) is 64.5 Å². The number of hydrogen-bond donors (Lipinski definition) is 1. The molecule has 0 spiro atoms. The van der Waals surface area contributed by atoms with Crippen LogP contribution in [0.15, 0.2) is 18.3 Å². The van der Waals surface area contributed by atoms with E-state index in [1.54, 1.807) is 0 Å². The van der Waals surface area contributed by atoms with E-state index < -0.39 is 0 Å². The second kappa shape index (κ2) is 4.65. The first-order valence-electron chi connectivity index (χ1n) is 7.34. The maximum absolute atomic E-state index is 4.62. The summed E-state index contributed by atoms with van der Waals surface area (Å²) in [7, 11) is 0. The molecule has 1 aromatic heterocycles. The third-order valence-electron chi connectivity index (χ3n) is 4.60. The van der Waals surface area contributed by atoms with E-state index in [2.05, 4.69) is 36.3 Å². The smallest absolute Gasteiger partial charge is 0.0605 e. The highest BCUT2D eigenvalue weighted by Gasteiger charge is 2.33. The van der Waals surface area contributed by atoms with Crippen LogP contribution in [0.5, 0.6) is 0 Å². The third kappa shape index (κ3) is 2.44. The van der Waals surface area contributed by atoms with Crippen LogP contribution in [-0.2, 0) is 6.42 Å². The first kappa shape index (κ1) is 12.2. The molecule has 2 heteroatoms. The monoisotopic (exact) mass is 244 g/mol. The van der Waals surface area contributed by atoms with Crippen molar-refractivity contribution in [2.75, 3.05) is 0 Å². The van der Waals surface area contributed by atoms with Crippen LogP contribution in [0.2, 0.25) is 0 Å². The topological polar surface area (TPSA) is 24.9 Å². The molecule has 1 aromatic rings. The minimum Gasteiger partial charge on any atom is -0.306 e. The molecule has 0 amide bonds. The molecule has 98 valence electrons. The van der Waals surface area contributed by atoms with Gasteiger partial charge in [-0.25, -0.2) is 0 Å². The Kier molecular flexibility index (Phi) is 3.14. The SMILES string of the molecule is CC1(C)CCC(NC2CCCc3cccnc32)C1. The lowest BCUT2D eigenvalue weighted by atomic mass is 9.90. The van der Waals surface area contributed by atoms with Crippen molar-refractivity contribution in [3.8, 4) is 0 Å². The number of aryl methyl sites for hydroxylation is 1. The van der Waals surface area contributed by atoms with Crippen LogP contribution in [0.25, 0.3) is 0 Å². The number of rotatable bonds is 2. The van der Waals surface area contributed by atoms with Gasteiger partial charge < -0.3 is 5.32 Å². The molecular formula is C16H24N2. The van der Waals surface area contributed by atoms with Gasteiger partial charge in [-0.1, -0.05) is 19.9 Å². The summed E-state index contributed by atoms with van der Waals surface area (Å²) in [5.74, 6) is 0. The Morgan fingerprint density at radius 1 is 1.33 bits per heavy atom. The molecule has 2 aliphatic rings. The van der Waals surface area contributed by atoms with Crippen LogP contribution >= 0.6 is 0 Å². The Labute approximate surface area is 110 Å². The van der Waals surface area contributed by atoms with Gasteiger partial charge in [0, 0.05) is 18.3 Å². The Balaban J connectivity index is 1.71. The van der Waals surface area contributed by atoms with Crippen LogP contribution in [0.1, 0.15) is 63.3 Å². The fraction of sp³-hybridized carbons (Fsp3) is 0.688. The lowest BCUT2D eigenvalue weighted by molar-refractivity contribution is 0.340. The van der Waals surface area contributed by atoms with Gasteiger partial charge in [0.15, 0.2) is 0 Å². The summed E-state index contributed by atoms with van der Waals surface area (Å²) in [5, 5.41) is 3.87. The van der Waals surface area contributed by atoms with Crippen molar-refractivity contribution in [1.82, 2.24) is 10.3 Å². The van der Waals surface area contributed by atoms with Crippen molar-refractivity contribution in [3.63, 3.8) is 0 Å². The van der Waals surface area contributed by atoms with Crippen LogP contribution in [-0.4, -0.2) is 11.0 Å². The zero-order valence-corrected chi connectivity index (χ0v) is 11.6. The molecule has 0 aliphatic heterocycles. The minimum absolute atomic E-state index is 0.494. The van der Waals surface area contributed by atoms with Gasteiger partial charge in [0.05, 0.1) is 5.69 Å². The Bertz CT molecular complexity index is 425. The Morgan fingerprint density at radius 2 is 2.22 bits per heavy atom. The van der Waals surface area contributed by atoms with Gasteiger partial charge >= 0.3 is 0 Å². The molecule has 1 heterocycles. The van der Waals surface area contributed by atoms with Crippen molar-refractivity contribution < 1.29 is 0 Å². The molecule has 0 radical (unpaired) electrons. The number of nitrogens with one attached hydrogen (secondary N) is 1. The predicted octanol–water partition coefficient (Wildman–Crippen LogP) is 3.63. The van der Waals surface area contributed by atoms with E-state index in [-0.39, 0.29) is 0 Å². The molecule has 2 unspecified atom stereocenters. The van der Waals surface area contributed by atoms with Gasteiger partial charge in [-0.2, -0.15) is 0 Å². The summed E-state index contributed by atoms with van der Waals surface area (Å²) in [6, 6.07) is 5.50. The lowest BCUT2D eigenvalue weighted by Gasteiger charge is -2.28. The van der Waals surface area contributed by atoms with E-state index in [0.717, 1.165) is 0 Å². The molecule has 2 nitrogen and oxygen atoms in total. The normalized spacial score (nSPS) is 30.1. The van der Waals surface area contributed by atoms with E-state index >= 15 is 0 Å². The first-order valence-corrected chi connectivity index (χ1v) is 7.34. The fourth-order valence-corrected chi connectivity index (χ4v) is 3.63. The Hall–Kier alpha value is -0.890.